The van der Waals surface area contributed by atoms with Gasteiger partial charge in [0.2, 0.25) is 5.91 Å². The van der Waals surface area contributed by atoms with E-state index >= 15 is 0 Å². The van der Waals surface area contributed by atoms with Gasteiger partial charge in [-0.25, -0.2) is 14.8 Å². The Kier molecular flexibility index (Phi) is 9.49. The first-order chi connectivity index (χ1) is 22.7. The predicted octanol–water partition coefficient (Wildman–Crippen LogP) is 6.18. The molecule has 258 valence electrons. The molecule has 2 saturated heterocycles. The van der Waals surface area contributed by atoms with Crippen molar-refractivity contribution in [2.75, 3.05) is 18.6 Å². The fraction of sp³-hybridized carbons (Fsp3) is 0.559. The van der Waals surface area contributed by atoms with Crippen LogP contribution in [0.2, 0.25) is 30.7 Å². The minimum atomic E-state index is -1.26. The Morgan fingerprint density at radius 3 is 2.48 bits per heavy atom. The molecule has 48 heavy (non-hydrogen) atoms. The number of aromatic nitrogens is 5. The maximum absolute atomic E-state index is 12.5. The van der Waals surface area contributed by atoms with Gasteiger partial charge in [-0.1, -0.05) is 37.3 Å². The third-order valence-corrected chi connectivity index (χ3v) is 11.2. The van der Waals surface area contributed by atoms with Crippen molar-refractivity contribution in [3.8, 4) is 11.1 Å². The van der Waals surface area contributed by atoms with Crippen LogP contribution < -0.4 is 15.5 Å². The molecule has 0 spiro atoms. The van der Waals surface area contributed by atoms with Gasteiger partial charge in [-0.15, -0.1) is 0 Å². The Hall–Kier alpha value is -3.68. The number of nitrogens with zero attached hydrogens (tertiary/aromatic N) is 6. The zero-order chi connectivity index (χ0) is 34.4. The summed E-state index contributed by atoms with van der Waals surface area (Å²) in [5.74, 6) is 0.690. The standard InChI is InChI=1S/C34H47ClN8O4Si/c1-34(2,3)47-33(45)38-21-14-22-8-9-23(15-21)43(22)28-16-37-31-25(17-41(32(31)39-28)20-46-12-13-48(5,6)7)24-10-11-27-26(30(24)35)18-42(40-27)19-29(44)36-4/h10-11,16-18,21-23H,8-9,12-15,19-20H2,1-7H3,(H,36,44)(H,38,45)/t21?,22-,23+. The molecule has 2 aliphatic rings. The van der Waals surface area contributed by atoms with Gasteiger partial charge in [0.1, 0.15) is 30.2 Å². The molecular formula is C34H47ClN8O4Si. The summed E-state index contributed by atoms with van der Waals surface area (Å²) in [4.78, 5) is 37.1. The number of fused-ring (bicyclic) bond motifs is 4. The molecule has 1 unspecified atom stereocenters. The van der Waals surface area contributed by atoms with E-state index < -0.39 is 13.7 Å². The molecule has 5 heterocycles. The number of rotatable bonds is 10. The van der Waals surface area contributed by atoms with Crippen LogP contribution in [0.4, 0.5) is 10.6 Å². The number of nitrogens with one attached hydrogen (secondary N) is 2. The first kappa shape index (κ1) is 34.2. The fourth-order valence-corrected chi connectivity index (χ4v) is 7.83. The van der Waals surface area contributed by atoms with Crippen molar-refractivity contribution in [1.29, 1.82) is 0 Å². The lowest BCUT2D eigenvalue weighted by molar-refractivity contribution is -0.121. The second-order valence-corrected chi connectivity index (χ2v) is 21.2. The molecule has 6 rings (SSSR count). The van der Waals surface area contributed by atoms with E-state index in [0.717, 1.165) is 65.2 Å². The molecule has 3 aromatic heterocycles. The minimum absolute atomic E-state index is 0.0540. The Bertz CT molecular complexity index is 1810. The molecule has 1 aromatic carbocycles. The summed E-state index contributed by atoms with van der Waals surface area (Å²) in [6.45, 7) is 13.8. The SMILES string of the molecule is CNC(=O)Cn1cc2c(Cl)c(-c3cn(COCC[Si](C)(C)C)c4nc(N5[C@@H]6CC[C@H]5CC(NC(=O)OC(C)(C)C)C6)cnc34)ccc2n1. The number of ether oxygens (including phenoxy) is 2. The van der Waals surface area contributed by atoms with Gasteiger partial charge < -0.3 is 29.6 Å². The quantitative estimate of drug-likeness (QED) is 0.149. The van der Waals surface area contributed by atoms with Gasteiger partial charge in [-0.3, -0.25) is 9.48 Å². The van der Waals surface area contributed by atoms with Crippen LogP contribution >= 0.6 is 11.6 Å². The number of carbonyl (C=O) groups excluding carboxylic acids is 2. The number of hydrogen-bond donors (Lipinski definition) is 2. The van der Waals surface area contributed by atoms with Crippen LogP contribution in [0.15, 0.2) is 30.7 Å². The predicted molar refractivity (Wildman–Crippen MR) is 191 cm³/mol. The second kappa shape index (κ2) is 13.3. The summed E-state index contributed by atoms with van der Waals surface area (Å²) >= 11 is 7.05. The van der Waals surface area contributed by atoms with Crippen molar-refractivity contribution in [2.24, 2.45) is 0 Å². The van der Waals surface area contributed by atoms with Gasteiger partial charge in [-0.05, 0) is 58.6 Å². The van der Waals surface area contributed by atoms with Crippen LogP contribution in [0, 0.1) is 0 Å². The highest BCUT2D eigenvalue weighted by molar-refractivity contribution is 6.76. The van der Waals surface area contributed by atoms with E-state index in [0.29, 0.717) is 23.9 Å². The van der Waals surface area contributed by atoms with Gasteiger partial charge in [-0.2, -0.15) is 5.10 Å². The van der Waals surface area contributed by atoms with Crippen molar-refractivity contribution in [3.63, 3.8) is 0 Å². The van der Waals surface area contributed by atoms with Crippen molar-refractivity contribution < 1.29 is 19.1 Å². The summed E-state index contributed by atoms with van der Waals surface area (Å²) in [5.41, 5.74) is 3.30. The number of piperidine rings is 1. The molecule has 0 radical (unpaired) electrons. The Balaban J connectivity index is 1.31. The molecule has 2 amide bonds. The molecule has 4 aromatic rings. The van der Waals surface area contributed by atoms with Crippen LogP contribution in [0.25, 0.3) is 33.2 Å². The molecule has 2 N–H and O–H groups in total. The monoisotopic (exact) mass is 694 g/mol. The molecule has 2 aliphatic heterocycles. The number of alkyl carbamates (subject to hydrolysis) is 1. The average molecular weight is 695 g/mol. The molecule has 2 bridgehead atoms. The number of anilines is 1. The molecular weight excluding hydrogens is 648 g/mol. The fourth-order valence-electron chi connectivity index (χ4n) is 6.77. The zero-order valence-corrected chi connectivity index (χ0v) is 30.7. The lowest BCUT2D eigenvalue weighted by Crippen LogP contribution is -2.51. The number of hydrogen-bond acceptors (Lipinski definition) is 8. The highest BCUT2D eigenvalue weighted by Gasteiger charge is 2.42. The van der Waals surface area contributed by atoms with Crippen molar-refractivity contribution in [1.82, 2.24) is 34.9 Å². The number of carbonyl (C=O) groups is 2. The van der Waals surface area contributed by atoms with E-state index in [-0.39, 0.29) is 36.7 Å². The van der Waals surface area contributed by atoms with E-state index in [1.165, 1.54) is 0 Å². The number of halogens is 1. The summed E-state index contributed by atoms with van der Waals surface area (Å²) in [6.07, 6.45) is 9.04. The van der Waals surface area contributed by atoms with Crippen LogP contribution in [-0.2, 0) is 27.5 Å². The number of amides is 2. The Labute approximate surface area is 287 Å². The topological polar surface area (TPSA) is 128 Å². The smallest absolute Gasteiger partial charge is 0.407 e. The molecule has 2 fully saturated rings. The van der Waals surface area contributed by atoms with Crippen LogP contribution in [0.1, 0.15) is 46.5 Å². The first-order valence-electron chi connectivity index (χ1n) is 16.8. The van der Waals surface area contributed by atoms with E-state index in [4.69, 9.17) is 31.0 Å². The molecule has 0 saturated carbocycles. The third kappa shape index (κ3) is 7.47. The van der Waals surface area contributed by atoms with Crippen molar-refractivity contribution >= 4 is 59.6 Å². The summed E-state index contributed by atoms with van der Waals surface area (Å²) in [7, 11) is 0.339. The van der Waals surface area contributed by atoms with Gasteiger partial charge in [0.25, 0.3) is 0 Å². The normalized spacial score (nSPS) is 19.7. The Morgan fingerprint density at radius 1 is 1.08 bits per heavy atom. The van der Waals surface area contributed by atoms with Gasteiger partial charge in [0.15, 0.2) is 5.65 Å². The van der Waals surface area contributed by atoms with E-state index in [1.807, 2.05) is 49.9 Å². The second-order valence-electron chi connectivity index (χ2n) is 15.2. The summed E-state index contributed by atoms with van der Waals surface area (Å²) in [5, 5.41) is 11.6. The van der Waals surface area contributed by atoms with Gasteiger partial charge in [0, 0.05) is 68.8 Å². The van der Waals surface area contributed by atoms with Gasteiger partial charge in [0.05, 0.1) is 16.7 Å². The zero-order valence-electron chi connectivity index (χ0n) is 29.0. The lowest BCUT2D eigenvalue weighted by atomic mass is 9.97. The highest BCUT2D eigenvalue weighted by Crippen LogP contribution is 2.41. The van der Waals surface area contributed by atoms with E-state index in [9.17, 15) is 9.59 Å². The third-order valence-electron chi connectivity index (χ3n) is 9.04. The molecule has 14 heteroatoms. The number of benzene rings is 1. The van der Waals surface area contributed by atoms with Crippen LogP contribution in [0.3, 0.4) is 0 Å². The highest BCUT2D eigenvalue weighted by atomic mass is 35.5. The minimum Gasteiger partial charge on any atom is -0.444 e. The number of likely N-dealkylation sites (N-methyl/N-ethyl adjacent to an activating group) is 1. The molecule has 12 nitrogen and oxygen atoms in total. The van der Waals surface area contributed by atoms with Crippen molar-refractivity contribution in [2.45, 2.75) is 109 Å². The lowest BCUT2D eigenvalue weighted by Gasteiger charge is -2.39. The van der Waals surface area contributed by atoms with E-state index in [2.05, 4.69) is 40.3 Å². The molecule has 0 aliphatic carbocycles. The van der Waals surface area contributed by atoms with E-state index in [1.54, 1.807) is 17.9 Å². The first-order valence-corrected chi connectivity index (χ1v) is 20.9. The van der Waals surface area contributed by atoms with Crippen LogP contribution in [-0.4, -0.2) is 81.8 Å². The van der Waals surface area contributed by atoms with Crippen LogP contribution in [0.5, 0.6) is 0 Å². The maximum atomic E-state index is 12.5. The Morgan fingerprint density at radius 2 is 1.81 bits per heavy atom. The largest absolute Gasteiger partial charge is 0.444 e. The van der Waals surface area contributed by atoms with Crippen molar-refractivity contribution in [3.05, 3.63) is 35.7 Å². The maximum Gasteiger partial charge on any atom is 0.407 e. The summed E-state index contributed by atoms with van der Waals surface area (Å²) < 4.78 is 15.4. The molecule has 3 atom stereocenters. The van der Waals surface area contributed by atoms with Gasteiger partial charge >= 0.3 is 6.09 Å². The average Bonchev–Trinajstić information content (AvgIpc) is 3.65. The summed E-state index contributed by atoms with van der Waals surface area (Å²) in [6, 6.07) is 5.47.